The predicted octanol–water partition coefficient (Wildman–Crippen LogP) is 2.92. The number of aliphatic hydroxyl groups excluding tert-OH is 1. The summed E-state index contributed by atoms with van der Waals surface area (Å²) in [6, 6.07) is 9.11. The summed E-state index contributed by atoms with van der Waals surface area (Å²) < 4.78 is 52.8. The van der Waals surface area contributed by atoms with Gasteiger partial charge in [0.25, 0.3) is 0 Å². The monoisotopic (exact) mass is 478 g/mol. The Morgan fingerprint density at radius 3 is 2.62 bits per heavy atom. The molecule has 0 radical (unpaired) electrons. The van der Waals surface area contributed by atoms with Gasteiger partial charge in [-0.3, -0.25) is 9.69 Å². The maximum absolute atomic E-state index is 14.3. The number of nitrogens with zero attached hydrogens (tertiary/aromatic N) is 1. The fraction of sp³-hybridized carbons (Fsp3) is 0.480. The Balaban J connectivity index is 1.36. The number of ether oxygens (including phenoxy) is 2. The molecule has 4 atom stereocenters. The van der Waals surface area contributed by atoms with Crippen LogP contribution in [0.1, 0.15) is 30.4 Å². The van der Waals surface area contributed by atoms with Gasteiger partial charge in [0, 0.05) is 31.2 Å². The predicted molar refractivity (Wildman–Crippen MR) is 118 cm³/mol. The molecule has 0 saturated carbocycles. The number of amides is 1. The Morgan fingerprint density at radius 2 is 1.82 bits per heavy atom. The molecule has 34 heavy (non-hydrogen) atoms. The summed E-state index contributed by atoms with van der Waals surface area (Å²) in [5, 5.41) is 13.1. The van der Waals surface area contributed by atoms with E-state index >= 15 is 0 Å². The van der Waals surface area contributed by atoms with E-state index < -0.39 is 17.7 Å². The summed E-state index contributed by atoms with van der Waals surface area (Å²) in [4.78, 5) is 14.4. The molecule has 2 aromatic carbocycles. The van der Waals surface area contributed by atoms with Gasteiger partial charge >= 0.3 is 0 Å². The molecule has 2 aliphatic rings. The highest BCUT2D eigenvalue weighted by atomic mass is 19.1. The van der Waals surface area contributed by atoms with Gasteiger partial charge in [0.05, 0.1) is 37.9 Å². The minimum absolute atomic E-state index is 0.109. The molecule has 0 unspecified atom stereocenters. The van der Waals surface area contributed by atoms with Crippen molar-refractivity contribution in [2.24, 2.45) is 0 Å². The van der Waals surface area contributed by atoms with Crippen molar-refractivity contribution in [1.82, 2.24) is 10.2 Å². The molecule has 184 valence electrons. The zero-order chi connectivity index (χ0) is 24.1. The SMILES string of the molecule is O=C(C[C@@H]1CC[C@@H]2[C@H](COC[C@H](O)CN2Cc2cc(F)ccc2F)O1)NCc1ccc(F)cc1. The lowest BCUT2D eigenvalue weighted by molar-refractivity contribution is -0.158. The Bertz CT molecular complexity index is 975. The minimum atomic E-state index is -0.757. The van der Waals surface area contributed by atoms with Gasteiger partial charge in [0.2, 0.25) is 5.91 Å². The molecule has 0 aliphatic carbocycles. The van der Waals surface area contributed by atoms with Crippen LogP contribution in [0.5, 0.6) is 0 Å². The summed E-state index contributed by atoms with van der Waals surface area (Å²) in [6.45, 7) is 1.01. The first-order valence-electron chi connectivity index (χ1n) is 11.5. The van der Waals surface area contributed by atoms with E-state index in [-0.39, 0.29) is 68.3 Å². The van der Waals surface area contributed by atoms with E-state index in [9.17, 15) is 23.1 Å². The molecule has 4 rings (SSSR count). The van der Waals surface area contributed by atoms with E-state index in [1.54, 1.807) is 12.1 Å². The second-order valence-corrected chi connectivity index (χ2v) is 8.91. The smallest absolute Gasteiger partial charge is 0.222 e. The van der Waals surface area contributed by atoms with Crippen molar-refractivity contribution in [3.05, 3.63) is 71.0 Å². The highest BCUT2D eigenvalue weighted by molar-refractivity contribution is 5.76. The van der Waals surface area contributed by atoms with E-state index in [1.165, 1.54) is 18.2 Å². The minimum Gasteiger partial charge on any atom is -0.389 e. The third-order valence-corrected chi connectivity index (χ3v) is 6.28. The molecule has 2 aliphatic heterocycles. The van der Waals surface area contributed by atoms with E-state index in [1.807, 2.05) is 4.90 Å². The van der Waals surface area contributed by atoms with Gasteiger partial charge in [0.15, 0.2) is 0 Å². The summed E-state index contributed by atoms with van der Waals surface area (Å²) in [7, 11) is 0. The molecule has 9 heteroatoms. The zero-order valence-electron chi connectivity index (χ0n) is 18.8. The average Bonchev–Trinajstić information content (AvgIpc) is 2.80. The first kappa shape index (κ1) is 24.7. The fourth-order valence-corrected chi connectivity index (χ4v) is 4.59. The summed E-state index contributed by atoms with van der Waals surface area (Å²) in [6.07, 6.45) is -0.00169. The molecule has 1 amide bonds. The van der Waals surface area contributed by atoms with Gasteiger partial charge in [0.1, 0.15) is 17.5 Å². The largest absolute Gasteiger partial charge is 0.389 e. The van der Waals surface area contributed by atoms with Crippen molar-refractivity contribution in [3.8, 4) is 0 Å². The summed E-state index contributed by atoms with van der Waals surface area (Å²) in [5.74, 6) is -1.52. The lowest BCUT2D eigenvalue weighted by Crippen LogP contribution is -2.55. The van der Waals surface area contributed by atoms with Crippen LogP contribution in [0.25, 0.3) is 0 Å². The maximum atomic E-state index is 14.3. The zero-order valence-corrected chi connectivity index (χ0v) is 18.8. The van der Waals surface area contributed by atoms with Crippen LogP contribution in [-0.4, -0.2) is 60.0 Å². The number of hydrogen-bond acceptors (Lipinski definition) is 5. The number of benzene rings is 2. The fourth-order valence-electron chi connectivity index (χ4n) is 4.59. The topological polar surface area (TPSA) is 71.0 Å². The van der Waals surface area contributed by atoms with Crippen molar-refractivity contribution in [1.29, 1.82) is 0 Å². The van der Waals surface area contributed by atoms with Crippen LogP contribution in [0.15, 0.2) is 42.5 Å². The highest BCUT2D eigenvalue weighted by Gasteiger charge is 2.38. The molecule has 2 aromatic rings. The second-order valence-electron chi connectivity index (χ2n) is 8.91. The number of halogens is 3. The number of rotatable bonds is 6. The Kier molecular flexibility index (Phi) is 8.20. The van der Waals surface area contributed by atoms with E-state index in [0.29, 0.717) is 19.4 Å². The molecule has 0 bridgehead atoms. The first-order chi connectivity index (χ1) is 16.4. The quantitative estimate of drug-likeness (QED) is 0.668. The second kappa shape index (κ2) is 11.3. The Morgan fingerprint density at radius 1 is 1.06 bits per heavy atom. The van der Waals surface area contributed by atoms with Crippen molar-refractivity contribution in [2.45, 2.75) is 56.7 Å². The van der Waals surface area contributed by atoms with Crippen molar-refractivity contribution >= 4 is 5.91 Å². The molecule has 2 heterocycles. The highest BCUT2D eigenvalue weighted by Crippen LogP contribution is 2.29. The number of carbonyl (C=O) groups is 1. The molecule has 0 aromatic heterocycles. The lowest BCUT2D eigenvalue weighted by atomic mass is 9.94. The molecule has 6 nitrogen and oxygen atoms in total. The normalized spacial score (nSPS) is 25.8. The molecular weight excluding hydrogens is 449 g/mol. The maximum Gasteiger partial charge on any atom is 0.222 e. The van der Waals surface area contributed by atoms with Crippen LogP contribution >= 0.6 is 0 Å². The van der Waals surface area contributed by atoms with Crippen LogP contribution in [-0.2, 0) is 27.4 Å². The molecular formula is C25H29F3N2O4. The van der Waals surface area contributed by atoms with E-state index in [0.717, 1.165) is 17.7 Å². The number of fused-ring (bicyclic) bond motifs is 1. The van der Waals surface area contributed by atoms with Gasteiger partial charge in [-0.1, -0.05) is 12.1 Å². The van der Waals surface area contributed by atoms with E-state index in [4.69, 9.17) is 9.47 Å². The van der Waals surface area contributed by atoms with Gasteiger partial charge in [-0.15, -0.1) is 0 Å². The number of carbonyl (C=O) groups excluding carboxylic acids is 1. The molecule has 2 fully saturated rings. The lowest BCUT2D eigenvalue weighted by Gasteiger charge is -2.44. The van der Waals surface area contributed by atoms with Crippen molar-refractivity contribution in [2.75, 3.05) is 19.8 Å². The Hall–Kier alpha value is -2.46. The number of β-amino-alcohol motifs (C(OH)–C–C–N with tert-alkyl or cyclic N) is 1. The van der Waals surface area contributed by atoms with Crippen molar-refractivity contribution in [3.63, 3.8) is 0 Å². The number of nitrogens with one attached hydrogen (secondary N) is 1. The number of hydrogen-bond donors (Lipinski definition) is 2. The van der Waals surface area contributed by atoms with E-state index in [2.05, 4.69) is 5.32 Å². The molecule has 2 saturated heterocycles. The van der Waals surface area contributed by atoms with Gasteiger partial charge < -0.3 is 19.9 Å². The average molecular weight is 479 g/mol. The van der Waals surface area contributed by atoms with Crippen LogP contribution in [0.2, 0.25) is 0 Å². The summed E-state index contributed by atoms with van der Waals surface area (Å²) in [5.41, 5.74) is 1.02. The summed E-state index contributed by atoms with van der Waals surface area (Å²) >= 11 is 0. The molecule has 0 spiro atoms. The Labute approximate surface area is 196 Å². The van der Waals surface area contributed by atoms with Crippen LogP contribution in [0.4, 0.5) is 13.2 Å². The third-order valence-electron chi connectivity index (χ3n) is 6.28. The number of aliphatic hydroxyl groups is 1. The third kappa shape index (κ3) is 6.56. The first-order valence-corrected chi connectivity index (χ1v) is 11.5. The van der Waals surface area contributed by atoms with Gasteiger partial charge in [-0.25, -0.2) is 13.2 Å². The van der Waals surface area contributed by atoms with Crippen LogP contribution in [0, 0.1) is 17.5 Å². The molecule has 2 N–H and O–H groups in total. The van der Waals surface area contributed by atoms with Crippen LogP contribution in [0.3, 0.4) is 0 Å². The standard InChI is InChI=1S/C25H29F3N2O4/c26-18-3-1-16(2-4-18)11-29-25(32)10-21-6-8-23-24(34-21)15-33-14-20(31)13-30(23)12-17-9-19(27)5-7-22(17)28/h1-5,7,9,20-21,23-24,31H,6,8,10-15H2,(H,29,32)/t20-,21+,23-,24+/m1/s1. The van der Waals surface area contributed by atoms with Crippen LogP contribution < -0.4 is 5.32 Å². The van der Waals surface area contributed by atoms with Gasteiger partial charge in [-0.05, 0) is 48.7 Å². The van der Waals surface area contributed by atoms with Gasteiger partial charge in [-0.2, -0.15) is 0 Å². The van der Waals surface area contributed by atoms with Crippen molar-refractivity contribution < 1.29 is 32.5 Å².